The van der Waals surface area contributed by atoms with Crippen molar-refractivity contribution >= 4 is 0 Å². The number of nitrogens with two attached hydrogens (primary N) is 1. The average Bonchev–Trinajstić information content (AvgIpc) is 2.84. The van der Waals surface area contributed by atoms with E-state index in [2.05, 4.69) is 42.2 Å². The van der Waals surface area contributed by atoms with Gasteiger partial charge in [-0.3, -0.25) is 4.98 Å². The molecule has 1 aromatic heterocycles. The molecule has 0 saturated carbocycles. The summed E-state index contributed by atoms with van der Waals surface area (Å²) in [6.07, 6.45) is 5.01. The van der Waals surface area contributed by atoms with Crippen molar-refractivity contribution in [1.82, 2.24) is 4.98 Å². The van der Waals surface area contributed by atoms with Crippen LogP contribution in [0.2, 0.25) is 0 Å². The van der Waals surface area contributed by atoms with Crippen molar-refractivity contribution in [2.24, 2.45) is 5.73 Å². The second kappa shape index (κ2) is 4.78. The summed E-state index contributed by atoms with van der Waals surface area (Å²) in [6, 6.07) is 14.7. The Morgan fingerprint density at radius 3 is 2.79 bits per heavy atom. The Labute approximate surface area is 114 Å². The molecule has 98 valence electrons. The topological polar surface area (TPSA) is 38.9 Å². The van der Waals surface area contributed by atoms with Crippen LogP contribution in [0.1, 0.15) is 36.1 Å². The summed E-state index contributed by atoms with van der Waals surface area (Å²) in [5, 5.41) is 0. The van der Waals surface area contributed by atoms with Crippen LogP contribution >= 0.6 is 0 Å². The van der Waals surface area contributed by atoms with Gasteiger partial charge in [0.25, 0.3) is 0 Å². The van der Waals surface area contributed by atoms with Gasteiger partial charge in [-0.1, -0.05) is 36.4 Å². The first kappa shape index (κ1) is 12.4. The maximum atomic E-state index is 6.63. The lowest BCUT2D eigenvalue weighted by atomic mass is 9.80. The van der Waals surface area contributed by atoms with Crippen LogP contribution in [0, 0.1) is 0 Å². The quantitative estimate of drug-likeness (QED) is 0.911. The zero-order chi connectivity index (χ0) is 13.3. The second-order valence-electron chi connectivity index (χ2n) is 5.81. The Hall–Kier alpha value is -1.67. The van der Waals surface area contributed by atoms with Crippen molar-refractivity contribution in [2.45, 2.75) is 37.6 Å². The number of hydrogen-bond donors (Lipinski definition) is 1. The van der Waals surface area contributed by atoms with E-state index in [1.807, 2.05) is 18.3 Å². The van der Waals surface area contributed by atoms with Crippen LogP contribution in [0.5, 0.6) is 0 Å². The van der Waals surface area contributed by atoms with Crippen LogP contribution in [-0.2, 0) is 12.8 Å². The van der Waals surface area contributed by atoms with E-state index in [1.165, 1.54) is 16.8 Å². The number of aromatic nitrogens is 1. The van der Waals surface area contributed by atoms with Gasteiger partial charge in [-0.2, -0.15) is 0 Å². The zero-order valence-corrected chi connectivity index (χ0v) is 11.3. The number of aryl methyl sites for hydroxylation is 1. The minimum Gasteiger partial charge on any atom is -0.324 e. The van der Waals surface area contributed by atoms with E-state index in [4.69, 9.17) is 5.73 Å². The third kappa shape index (κ3) is 2.41. The third-order valence-corrected chi connectivity index (χ3v) is 4.18. The highest BCUT2D eigenvalue weighted by Gasteiger charge is 2.37. The lowest BCUT2D eigenvalue weighted by Crippen LogP contribution is -2.44. The molecule has 2 unspecified atom stereocenters. The summed E-state index contributed by atoms with van der Waals surface area (Å²) >= 11 is 0. The Kier molecular flexibility index (Phi) is 3.11. The molecule has 2 heteroatoms. The van der Waals surface area contributed by atoms with Crippen molar-refractivity contribution < 1.29 is 0 Å². The van der Waals surface area contributed by atoms with E-state index < -0.39 is 0 Å². The Balaban J connectivity index is 1.86. The monoisotopic (exact) mass is 252 g/mol. The highest BCUT2D eigenvalue weighted by atomic mass is 14.8. The normalized spacial score (nSPS) is 20.8. The highest BCUT2D eigenvalue weighted by Crippen LogP contribution is 2.39. The Morgan fingerprint density at radius 1 is 1.21 bits per heavy atom. The van der Waals surface area contributed by atoms with Crippen LogP contribution in [0.15, 0.2) is 48.7 Å². The van der Waals surface area contributed by atoms with Gasteiger partial charge in [0.2, 0.25) is 0 Å². The fourth-order valence-corrected chi connectivity index (χ4v) is 3.21. The van der Waals surface area contributed by atoms with E-state index >= 15 is 0 Å². The molecule has 0 saturated heterocycles. The summed E-state index contributed by atoms with van der Waals surface area (Å²) in [6.45, 7) is 2.16. The molecule has 0 fully saturated rings. The molecule has 2 aromatic rings. The molecular weight excluding hydrogens is 232 g/mol. The molecule has 1 aromatic carbocycles. The first-order valence-corrected chi connectivity index (χ1v) is 6.93. The smallest absolute Gasteiger partial charge is 0.0484 e. The van der Waals surface area contributed by atoms with Crippen LogP contribution in [0.25, 0.3) is 0 Å². The molecule has 0 bridgehead atoms. The van der Waals surface area contributed by atoms with Gasteiger partial charge >= 0.3 is 0 Å². The van der Waals surface area contributed by atoms with Crippen molar-refractivity contribution in [3.05, 3.63) is 65.5 Å². The predicted molar refractivity (Wildman–Crippen MR) is 78.0 cm³/mol. The van der Waals surface area contributed by atoms with E-state index in [1.54, 1.807) is 0 Å². The van der Waals surface area contributed by atoms with Gasteiger partial charge < -0.3 is 5.73 Å². The molecule has 0 aliphatic heterocycles. The largest absolute Gasteiger partial charge is 0.324 e. The van der Waals surface area contributed by atoms with Gasteiger partial charge in [-0.05, 0) is 43.4 Å². The minimum absolute atomic E-state index is 0.235. The molecule has 2 nitrogen and oxygen atoms in total. The number of rotatable bonds is 3. The lowest BCUT2D eigenvalue weighted by Gasteiger charge is -2.31. The molecule has 1 heterocycles. The standard InChI is InChI=1S/C17H20N2/c1-17(18,12-13-6-3-2-4-7-13)15-10-9-14-8-5-11-19-16(14)15/h2-8,11,15H,9-10,12,18H2,1H3. The number of fused-ring (bicyclic) bond motifs is 1. The van der Waals surface area contributed by atoms with Crippen molar-refractivity contribution in [3.63, 3.8) is 0 Å². The molecule has 19 heavy (non-hydrogen) atoms. The molecule has 3 rings (SSSR count). The first-order valence-electron chi connectivity index (χ1n) is 6.93. The zero-order valence-electron chi connectivity index (χ0n) is 11.3. The lowest BCUT2D eigenvalue weighted by molar-refractivity contribution is 0.366. The van der Waals surface area contributed by atoms with Crippen molar-refractivity contribution in [1.29, 1.82) is 0 Å². The SMILES string of the molecule is CC(N)(Cc1ccccc1)C1CCc2cccnc21. The summed E-state index contributed by atoms with van der Waals surface area (Å²) < 4.78 is 0. The van der Waals surface area contributed by atoms with Crippen LogP contribution < -0.4 is 5.73 Å². The highest BCUT2D eigenvalue weighted by molar-refractivity contribution is 5.32. The van der Waals surface area contributed by atoms with Gasteiger partial charge in [0.05, 0.1) is 0 Å². The maximum Gasteiger partial charge on any atom is 0.0484 e. The third-order valence-electron chi connectivity index (χ3n) is 4.18. The molecule has 2 N–H and O–H groups in total. The molecular formula is C17H20N2. The van der Waals surface area contributed by atoms with Gasteiger partial charge in [0.15, 0.2) is 0 Å². The predicted octanol–water partition coefficient (Wildman–Crippen LogP) is 3.07. The van der Waals surface area contributed by atoms with E-state index in [0.29, 0.717) is 5.92 Å². The number of benzene rings is 1. The fraction of sp³-hybridized carbons (Fsp3) is 0.353. The average molecular weight is 252 g/mol. The van der Waals surface area contributed by atoms with Crippen LogP contribution in [0.3, 0.4) is 0 Å². The number of pyridine rings is 1. The van der Waals surface area contributed by atoms with Gasteiger partial charge in [0.1, 0.15) is 0 Å². The van der Waals surface area contributed by atoms with Crippen LogP contribution in [-0.4, -0.2) is 10.5 Å². The number of hydrogen-bond acceptors (Lipinski definition) is 2. The molecule has 0 radical (unpaired) electrons. The fourth-order valence-electron chi connectivity index (χ4n) is 3.21. The van der Waals surface area contributed by atoms with E-state index in [-0.39, 0.29) is 5.54 Å². The maximum absolute atomic E-state index is 6.63. The van der Waals surface area contributed by atoms with Crippen LogP contribution in [0.4, 0.5) is 0 Å². The Morgan fingerprint density at radius 2 is 2.00 bits per heavy atom. The molecule has 0 spiro atoms. The molecule has 1 aliphatic rings. The van der Waals surface area contributed by atoms with Crippen molar-refractivity contribution in [2.75, 3.05) is 0 Å². The second-order valence-corrected chi connectivity index (χ2v) is 5.81. The summed E-state index contributed by atoms with van der Waals surface area (Å²) in [4.78, 5) is 4.57. The van der Waals surface area contributed by atoms with E-state index in [0.717, 1.165) is 19.3 Å². The molecule has 1 aliphatic carbocycles. The number of nitrogens with zero attached hydrogens (tertiary/aromatic N) is 1. The molecule has 0 amide bonds. The summed E-state index contributed by atoms with van der Waals surface area (Å²) in [7, 11) is 0. The van der Waals surface area contributed by atoms with Gasteiger partial charge in [0, 0.05) is 23.3 Å². The molecule has 2 atom stereocenters. The van der Waals surface area contributed by atoms with Gasteiger partial charge in [-0.25, -0.2) is 0 Å². The van der Waals surface area contributed by atoms with E-state index in [9.17, 15) is 0 Å². The summed E-state index contributed by atoms with van der Waals surface area (Å²) in [5.41, 5.74) is 10.3. The van der Waals surface area contributed by atoms with Crippen molar-refractivity contribution in [3.8, 4) is 0 Å². The summed E-state index contributed by atoms with van der Waals surface area (Å²) in [5.74, 6) is 0.365. The minimum atomic E-state index is -0.235. The van der Waals surface area contributed by atoms with Gasteiger partial charge in [-0.15, -0.1) is 0 Å². The first-order chi connectivity index (χ1) is 9.17. The Bertz CT molecular complexity index is 560.